The van der Waals surface area contributed by atoms with Gasteiger partial charge in [-0.1, -0.05) is 18.2 Å². The second-order valence-electron chi connectivity index (χ2n) is 6.12. The molecule has 25 heavy (non-hydrogen) atoms. The van der Waals surface area contributed by atoms with Crippen LogP contribution in [0.3, 0.4) is 0 Å². The molecule has 2 aromatic heterocycles. The summed E-state index contributed by atoms with van der Waals surface area (Å²) in [5.41, 5.74) is 1.52. The largest absolute Gasteiger partial charge is 0.381 e. The maximum absolute atomic E-state index is 13.0. The average molecular weight is 338 g/mol. The number of hydrogen-bond acceptors (Lipinski definition) is 4. The third-order valence-corrected chi connectivity index (χ3v) is 4.39. The van der Waals surface area contributed by atoms with Gasteiger partial charge in [-0.2, -0.15) is 5.10 Å². The van der Waals surface area contributed by atoms with E-state index in [9.17, 15) is 14.3 Å². The molecule has 126 valence electrons. The van der Waals surface area contributed by atoms with Crippen molar-refractivity contribution in [1.29, 1.82) is 0 Å². The Morgan fingerprint density at radius 1 is 1.12 bits per heavy atom. The van der Waals surface area contributed by atoms with Gasteiger partial charge in [-0.15, -0.1) is 0 Å². The van der Waals surface area contributed by atoms with Crippen LogP contribution in [-0.2, 0) is 5.60 Å². The van der Waals surface area contributed by atoms with Crippen LogP contribution in [0.2, 0.25) is 0 Å². The molecule has 7 heteroatoms. The summed E-state index contributed by atoms with van der Waals surface area (Å²) < 4.78 is 13.0. The lowest BCUT2D eigenvalue weighted by Crippen LogP contribution is -2.61. The van der Waals surface area contributed by atoms with Crippen molar-refractivity contribution in [3.63, 3.8) is 0 Å². The van der Waals surface area contributed by atoms with E-state index in [-0.39, 0.29) is 24.8 Å². The number of nitrogens with one attached hydrogen (secondary N) is 1. The molecule has 0 unspecified atom stereocenters. The van der Waals surface area contributed by atoms with E-state index in [2.05, 4.69) is 15.2 Å². The third-order valence-electron chi connectivity index (χ3n) is 4.39. The van der Waals surface area contributed by atoms with Crippen molar-refractivity contribution in [2.24, 2.45) is 0 Å². The highest BCUT2D eigenvalue weighted by molar-refractivity contribution is 5.93. The topological polar surface area (TPSA) is 82.1 Å². The van der Waals surface area contributed by atoms with Gasteiger partial charge in [0.1, 0.15) is 17.1 Å². The number of aliphatic hydroxyl groups is 1. The first kappa shape index (κ1) is 15.5. The number of rotatable bonds is 3. The second-order valence-corrected chi connectivity index (χ2v) is 6.12. The maximum atomic E-state index is 13.0. The first-order valence-corrected chi connectivity index (χ1v) is 7.78. The van der Waals surface area contributed by atoms with Gasteiger partial charge in [0.15, 0.2) is 0 Å². The van der Waals surface area contributed by atoms with Crippen molar-refractivity contribution in [3.05, 3.63) is 72.1 Å². The minimum Gasteiger partial charge on any atom is -0.381 e. The van der Waals surface area contributed by atoms with E-state index in [1.807, 2.05) is 0 Å². The fraction of sp³-hybridized carbons (Fsp3) is 0.167. The summed E-state index contributed by atoms with van der Waals surface area (Å²) in [6.45, 7) is 0.311. The predicted octanol–water partition coefficient (Wildman–Crippen LogP) is 1.95. The molecule has 1 fully saturated rings. The Bertz CT molecular complexity index is 886. The van der Waals surface area contributed by atoms with Gasteiger partial charge in [0.2, 0.25) is 0 Å². The fourth-order valence-electron chi connectivity index (χ4n) is 2.93. The van der Waals surface area contributed by atoms with Gasteiger partial charge in [0, 0.05) is 23.5 Å². The number of carbonyl (C=O) groups is 1. The summed E-state index contributed by atoms with van der Waals surface area (Å²) in [7, 11) is 0. The van der Waals surface area contributed by atoms with E-state index in [0.717, 1.165) is 11.1 Å². The number of halogens is 1. The van der Waals surface area contributed by atoms with Gasteiger partial charge >= 0.3 is 0 Å². The normalized spacial score (nSPS) is 15.7. The molecule has 3 heterocycles. The van der Waals surface area contributed by atoms with E-state index >= 15 is 0 Å². The standard InChI is InChI=1S/C18H15FN4O2/c19-15-4-2-14(3-5-15)18(25)10-23(11-18)17(24)16-6-1-12(7-20-16)13-8-21-22-9-13/h1-9,25H,10-11H2,(H,21,22). The lowest BCUT2D eigenvalue weighted by molar-refractivity contribution is -0.0865. The number of carbonyl (C=O) groups excluding carboxylic acids is 1. The summed E-state index contributed by atoms with van der Waals surface area (Å²) in [6, 6.07) is 9.13. The van der Waals surface area contributed by atoms with Crippen LogP contribution in [0.25, 0.3) is 11.1 Å². The van der Waals surface area contributed by atoms with Crippen LogP contribution in [0.15, 0.2) is 55.0 Å². The van der Waals surface area contributed by atoms with Gasteiger partial charge in [0.05, 0.1) is 19.3 Å². The third kappa shape index (κ3) is 2.78. The maximum Gasteiger partial charge on any atom is 0.272 e. The monoisotopic (exact) mass is 338 g/mol. The number of nitrogens with zero attached hydrogens (tertiary/aromatic N) is 3. The van der Waals surface area contributed by atoms with Crippen LogP contribution in [0.1, 0.15) is 16.1 Å². The van der Waals surface area contributed by atoms with Gasteiger partial charge in [-0.05, 0) is 23.8 Å². The Morgan fingerprint density at radius 2 is 1.88 bits per heavy atom. The molecule has 0 bridgehead atoms. The molecule has 1 aromatic carbocycles. The van der Waals surface area contributed by atoms with Gasteiger partial charge < -0.3 is 10.0 Å². The Hall–Kier alpha value is -3.06. The Kier molecular flexibility index (Phi) is 3.58. The molecule has 1 saturated heterocycles. The molecule has 4 rings (SSSR count). The first-order valence-electron chi connectivity index (χ1n) is 7.78. The van der Waals surface area contributed by atoms with E-state index in [0.29, 0.717) is 11.3 Å². The van der Waals surface area contributed by atoms with Crippen LogP contribution in [0.5, 0.6) is 0 Å². The molecule has 1 aliphatic heterocycles. The lowest BCUT2D eigenvalue weighted by atomic mass is 9.86. The Morgan fingerprint density at radius 3 is 2.48 bits per heavy atom. The molecule has 6 nitrogen and oxygen atoms in total. The average Bonchev–Trinajstić information content (AvgIpc) is 3.14. The number of likely N-dealkylation sites (tertiary alicyclic amines) is 1. The SMILES string of the molecule is O=C(c1ccc(-c2cn[nH]c2)cn1)N1CC(O)(c2ccc(F)cc2)C1. The first-order chi connectivity index (χ1) is 12.0. The number of pyridine rings is 1. The van der Waals surface area contributed by atoms with Crippen LogP contribution < -0.4 is 0 Å². The number of β-amino-alcohol motifs (C(OH)–C–C–N with tert-alkyl or cyclic N) is 1. The van der Waals surface area contributed by atoms with E-state index in [4.69, 9.17) is 0 Å². The molecule has 1 amide bonds. The summed E-state index contributed by atoms with van der Waals surface area (Å²) in [6.07, 6.45) is 5.04. The van der Waals surface area contributed by atoms with Crippen molar-refractivity contribution < 1.29 is 14.3 Å². The highest BCUT2D eigenvalue weighted by Crippen LogP contribution is 2.32. The van der Waals surface area contributed by atoms with Crippen molar-refractivity contribution >= 4 is 5.91 Å². The van der Waals surface area contributed by atoms with E-state index in [1.165, 1.54) is 29.2 Å². The van der Waals surface area contributed by atoms with E-state index in [1.54, 1.807) is 30.7 Å². The fourth-order valence-corrected chi connectivity index (χ4v) is 2.93. The van der Waals surface area contributed by atoms with Crippen LogP contribution in [0, 0.1) is 5.82 Å². The number of benzene rings is 1. The molecule has 0 atom stereocenters. The van der Waals surface area contributed by atoms with Crippen LogP contribution in [0.4, 0.5) is 4.39 Å². The molecule has 0 saturated carbocycles. The molecular weight excluding hydrogens is 323 g/mol. The summed E-state index contributed by atoms with van der Waals surface area (Å²) in [5, 5.41) is 17.2. The second kappa shape index (κ2) is 5.78. The molecule has 0 spiro atoms. The lowest BCUT2D eigenvalue weighted by Gasteiger charge is -2.46. The van der Waals surface area contributed by atoms with E-state index < -0.39 is 5.60 Å². The quantitative estimate of drug-likeness (QED) is 0.765. The van der Waals surface area contributed by atoms with Gasteiger partial charge in [0.25, 0.3) is 5.91 Å². The van der Waals surface area contributed by atoms with Crippen molar-refractivity contribution in [3.8, 4) is 11.1 Å². The minimum atomic E-state index is -1.14. The van der Waals surface area contributed by atoms with Crippen molar-refractivity contribution in [2.45, 2.75) is 5.60 Å². The summed E-state index contributed by atoms with van der Waals surface area (Å²) in [5.74, 6) is -0.605. The van der Waals surface area contributed by atoms with Crippen LogP contribution in [-0.4, -0.2) is 44.2 Å². The smallest absolute Gasteiger partial charge is 0.272 e. The highest BCUT2D eigenvalue weighted by atomic mass is 19.1. The van der Waals surface area contributed by atoms with Gasteiger partial charge in [-0.3, -0.25) is 14.9 Å². The number of H-pyrrole nitrogens is 1. The number of aromatic nitrogens is 3. The molecule has 2 N–H and O–H groups in total. The molecule has 0 aliphatic carbocycles. The zero-order valence-corrected chi connectivity index (χ0v) is 13.2. The van der Waals surface area contributed by atoms with Crippen molar-refractivity contribution in [1.82, 2.24) is 20.1 Å². The van der Waals surface area contributed by atoms with Gasteiger partial charge in [-0.25, -0.2) is 4.39 Å². The summed E-state index contributed by atoms with van der Waals surface area (Å²) >= 11 is 0. The number of hydrogen-bond donors (Lipinski definition) is 2. The number of amides is 1. The van der Waals surface area contributed by atoms with Crippen molar-refractivity contribution in [2.75, 3.05) is 13.1 Å². The summed E-state index contributed by atoms with van der Waals surface area (Å²) in [4.78, 5) is 18.2. The Balaban J connectivity index is 1.45. The Labute approximate surface area is 142 Å². The highest BCUT2D eigenvalue weighted by Gasteiger charge is 2.45. The molecule has 3 aromatic rings. The predicted molar refractivity (Wildman–Crippen MR) is 88.0 cm³/mol. The molecule has 1 aliphatic rings. The van der Waals surface area contributed by atoms with Crippen LogP contribution >= 0.6 is 0 Å². The minimum absolute atomic E-state index is 0.155. The zero-order chi connectivity index (χ0) is 17.4. The number of aromatic amines is 1. The zero-order valence-electron chi connectivity index (χ0n) is 13.2. The molecular formula is C18H15FN4O2. The molecule has 0 radical (unpaired) electrons.